The van der Waals surface area contributed by atoms with Crippen molar-refractivity contribution >= 4 is 34.3 Å². The van der Waals surface area contributed by atoms with E-state index < -0.39 is 5.82 Å². The number of nitrogens with zero attached hydrogens (tertiary/aromatic N) is 5. The molecule has 5 heterocycles. The summed E-state index contributed by atoms with van der Waals surface area (Å²) in [5.74, 6) is 1.59. The van der Waals surface area contributed by atoms with Crippen molar-refractivity contribution in [1.29, 1.82) is 0 Å². The maximum absolute atomic E-state index is 14.9. The van der Waals surface area contributed by atoms with Crippen molar-refractivity contribution in [3.05, 3.63) is 54.6 Å². The Morgan fingerprint density at radius 2 is 1.97 bits per heavy atom. The molecule has 1 aromatic carbocycles. The molecule has 0 atom stereocenters. The molecule has 2 aliphatic rings. The summed E-state index contributed by atoms with van der Waals surface area (Å²) in [5.41, 5.74) is 7.21. The number of aromatic nitrogens is 4. The van der Waals surface area contributed by atoms with Crippen LogP contribution in [0, 0.1) is 5.82 Å². The van der Waals surface area contributed by atoms with Crippen molar-refractivity contribution < 1.29 is 9.13 Å². The minimum atomic E-state index is -0.500. The van der Waals surface area contributed by atoms with E-state index in [0.29, 0.717) is 28.9 Å². The average Bonchev–Trinajstić information content (AvgIpc) is 3.16. The highest BCUT2D eigenvalue weighted by atomic mass is 19.1. The van der Waals surface area contributed by atoms with Crippen LogP contribution < -0.4 is 26.0 Å². The minimum Gasteiger partial charge on any atom is -0.453 e. The first-order valence-corrected chi connectivity index (χ1v) is 12.1. The summed E-state index contributed by atoms with van der Waals surface area (Å²) in [4.78, 5) is 20.7. The highest BCUT2D eigenvalue weighted by Crippen LogP contribution is 2.32. The smallest absolute Gasteiger partial charge is 0.223 e. The lowest BCUT2D eigenvalue weighted by Crippen LogP contribution is -2.60. The summed E-state index contributed by atoms with van der Waals surface area (Å²) in [7, 11) is 0. The number of aromatic amines is 1. The number of halogens is 1. The SMILES string of the molecule is Nc1nc(Nc2ccc(Oc3ccnc4[nH]ccc34)c(F)c2)cc(N2CC(N3CCCNCC3)C2)n1. The van der Waals surface area contributed by atoms with Gasteiger partial charge < -0.3 is 31.0 Å². The highest BCUT2D eigenvalue weighted by Gasteiger charge is 2.33. The number of nitrogens with two attached hydrogens (primary N) is 1. The monoisotopic (exact) mass is 489 g/mol. The molecule has 6 rings (SSSR count). The van der Waals surface area contributed by atoms with Gasteiger partial charge in [0.2, 0.25) is 5.95 Å². The topological polar surface area (TPSA) is 120 Å². The lowest BCUT2D eigenvalue weighted by molar-refractivity contribution is 0.176. The molecule has 0 aliphatic carbocycles. The molecule has 186 valence electrons. The third kappa shape index (κ3) is 4.62. The number of hydrogen-bond acceptors (Lipinski definition) is 9. The number of nitrogen functional groups attached to an aromatic ring is 1. The quantitative estimate of drug-likeness (QED) is 0.324. The Hall–Kier alpha value is -3.96. The van der Waals surface area contributed by atoms with E-state index in [4.69, 9.17) is 10.5 Å². The molecule has 0 amide bonds. The highest BCUT2D eigenvalue weighted by molar-refractivity contribution is 5.82. The van der Waals surface area contributed by atoms with Gasteiger partial charge in [-0.2, -0.15) is 9.97 Å². The number of H-pyrrole nitrogens is 1. The largest absolute Gasteiger partial charge is 0.453 e. The zero-order valence-corrected chi connectivity index (χ0v) is 19.7. The molecule has 2 fully saturated rings. The molecule has 0 radical (unpaired) electrons. The molecule has 5 N–H and O–H groups in total. The molecule has 0 unspecified atom stereocenters. The number of benzene rings is 1. The van der Waals surface area contributed by atoms with Gasteiger partial charge in [-0.05, 0) is 43.8 Å². The van der Waals surface area contributed by atoms with Crippen molar-refractivity contribution in [1.82, 2.24) is 30.2 Å². The van der Waals surface area contributed by atoms with Crippen LogP contribution in [0.2, 0.25) is 0 Å². The van der Waals surface area contributed by atoms with Gasteiger partial charge in [0.15, 0.2) is 11.6 Å². The van der Waals surface area contributed by atoms with Gasteiger partial charge in [-0.3, -0.25) is 4.90 Å². The minimum absolute atomic E-state index is 0.118. The Kier molecular flexibility index (Phi) is 5.99. The molecule has 10 nitrogen and oxygen atoms in total. The van der Waals surface area contributed by atoms with Gasteiger partial charge >= 0.3 is 0 Å². The molecule has 0 saturated carbocycles. The summed E-state index contributed by atoms with van der Waals surface area (Å²) in [5, 5.41) is 7.37. The van der Waals surface area contributed by atoms with E-state index in [0.717, 1.165) is 50.5 Å². The van der Waals surface area contributed by atoms with E-state index in [9.17, 15) is 4.39 Å². The van der Waals surface area contributed by atoms with Crippen LogP contribution in [0.4, 0.5) is 27.7 Å². The van der Waals surface area contributed by atoms with E-state index in [1.807, 2.05) is 12.1 Å². The van der Waals surface area contributed by atoms with E-state index in [-0.39, 0.29) is 11.7 Å². The maximum atomic E-state index is 14.9. The predicted octanol–water partition coefficient (Wildman–Crippen LogP) is 3.09. The second-order valence-corrected chi connectivity index (χ2v) is 9.09. The first-order valence-electron chi connectivity index (χ1n) is 12.1. The first kappa shape index (κ1) is 22.5. The second-order valence-electron chi connectivity index (χ2n) is 9.09. The fraction of sp³-hybridized carbons (Fsp3) is 0.320. The summed E-state index contributed by atoms with van der Waals surface area (Å²) >= 11 is 0. The van der Waals surface area contributed by atoms with Gasteiger partial charge in [-0.25, -0.2) is 9.37 Å². The third-order valence-corrected chi connectivity index (χ3v) is 6.65. The van der Waals surface area contributed by atoms with Crippen molar-refractivity contribution in [3.8, 4) is 11.5 Å². The number of anilines is 4. The second kappa shape index (κ2) is 9.59. The zero-order chi connectivity index (χ0) is 24.5. The van der Waals surface area contributed by atoms with Crippen molar-refractivity contribution in [2.24, 2.45) is 0 Å². The Morgan fingerprint density at radius 3 is 2.86 bits per heavy atom. The lowest BCUT2D eigenvalue weighted by atomic mass is 10.1. The number of rotatable bonds is 6. The van der Waals surface area contributed by atoms with E-state index in [2.05, 4.69) is 40.4 Å². The molecule has 11 heteroatoms. The van der Waals surface area contributed by atoms with Gasteiger partial charge in [0.1, 0.15) is 23.0 Å². The predicted molar refractivity (Wildman–Crippen MR) is 137 cm³/mol. The zero-order valence-electron chi connectivity index (χ0n) is 19.7. The van der Waals surface area contributed by atoms with E-state index in [1.165, 1.54) is 12.5 Å². The Balaban J connectivity index is 1.13. The molecular weight excluding hydrogens is 461 g/mol. The van der Waals surface area contributed by atoms with Crippen molar-refractivity contribution in [2.45, 2.75) is 12.5 Å². The van der Waals surface area contributed by atoms with Gasteiger partial charge in [-0.15, -0.1) is 0 Å². The number of fused-ring (bicyclic) bond motifs is 1. The Bertz CT molecular complexity index is 1360. The summed E-state index contributed by atoms with van der Waals surface area (Å²) < 4.78 is 20.7. The van der Waals surface area contributed by atoms with Gasteiger partial charge in [0.05, 0.1) is 5.39 Å². The van der Waals surface area contributed by atoms with Crippen LogP contribution in [0.5, 0.6) is 11.5 Å². The fourth-order valence-corrected chi connectivity index (χ4v) is 4.74. The van der Waals surface area contributed by atoms with Gasteiger partial charge in [0.25, 0.3) is 0 Å². The number of hydrogen-bond donors (Lipinski definition) is 4. The molecule has 2 aliphatic heterocycles. The summed E-state index contributed by atoms with van der Waals surface area (Å²) in [6.45, 7) is 6.11. The number of nitrogens with one attached hydrogen (secondary N) is 3. The molecule has 2 saturated heterocycles. The average molecular weight is 490 g/mol. The molecule has 4 aromatic rings. The fourth-order valence-electron chi connectivity index (χ4n) is 4.74. The van der Waals surface area contributed by atoms with Gasteiger partial charge in [-0.1, -0.05) is 0 Å². The normalized spacial score (nSPS) is 17.1. The van der Waals surface area contributed by atoms with Crippen LogP contribution in [0.3, 0.4) is 0 Å². The molecule has 0 bridgehead atoms. The van der Waals surface area contributed by atoms with E-state index in [1.54, 1.807) is 30.6 Å². The van der Waals surface area contributed by atoms with Crippen molar-refractivity contribution in [3.63, 3.8) is 0 Å². The molecule has 0 spiro atoms. The number of pyridine rings is 1. The maximum Gasteiger partial charge on any atom is 0.223 e. The molecular formula is C25H28FN9O. The first-order chi connectivity index (χ1) is 17.6. The number of ether oxygens (including phenoxy) is 1. The summed E-state index contributed by atoms with van der Waals surface area (Å²) in [6, 6.07) is 10.6. The lowest BCUT2D eigenvalue weighted by Gasteiger charge is -2.45. The van der Waals surface area contributed by atoms with Crippen LogP contribution in [-0.2, 0) is 0 Å². The van der Waals surface area contributed by atoms with Gasteiger partial charge in [0, 0.05) is 62.4 Å². The summed E-state index contributed by atoms with van der Waals surface area (Å²) in [6.07, 6.45) is 4.55. The molecule has 36 heavy (non-hydrogen) atoms. The van der Waals surface area contributed by atoms with E-state index >= 15 is 0 Å². The standard InChI is InChI=1S/C25H28FN9O/c26-19-12-16(2-3-21(19)36-20-5-8-30-24-18(20)4-7-29-24)31-22-13-23(33-25(27)32-22)35-14-17(15-35)34-10-1-6-28-9-11-34/h2-5,7-8,12-13,17,28H,1,6,9-11,14-15H2,(H,29,30)(H3,27,31,32,33). The van der Waals surface area contributed by atoms with Crippen LogP contribution in [0.15, 0.2) is 48.8 Å². The van der Waals surface area contributed by atoms with Crippen molar-refractivity contribution in [2.75, 3.05) is 55.2 Å². The Morgan fingerprint density at radius 1 is 1.06 bits per heavy atom. The van der Waals surface area contributed by atoms with Crippen LogP contribution >= 0.6 is 0 Å². The van der Waals surface area contributed by atoms with Crippen LogP contribution in [0.25, 0.3) is 11.0 Å². The van der Waals surface area contributed by atoms with Crippen LogP contribution in [0.1, 0.15) is 6.42 Å². The van der Waals surface area contributed by atoms with Crippen LogP contribution in [-0.4, -0.2) is 70.1 Å². The third-order valence-electron chi connectivity index (χ3n) is 6.65. The Labute approximate surface area is 207 Å². The molecule has 3 aromatic heterocycles.